The van der Waals surface area contributed by atoms with Crippen LogP contribution in [0.5, 0.6) is 0 Å². The predicted molar refractivity (Wildman–Crippen MR) is 172 cm³/mol. The standard InChI is InChI=1S/C35H32N2O2S2/c1-5-6-19-37-31-13-9-7-11-29(31)35(4,30-12-8-10-14-32(30)37)27-17-15-25(16-18-27)23(2)41-33-21-28(40-24(33)3)20-26(22-36)34(38)39/h7-18,20-21H,2,5-6,19H2,1,3-4H3,(H,38,39)/b26-20-. The summed E-state index contributed by atoms with van der Waals surface area (Å²) in [5.41, 5.74) is 6.84. The molecular weight excluding hydrogens is 545 g/mol. The van der Waals surface area contributed by atoms with E-state index < -0.39 is 5.97 Å². The second kappa shape index (κ2) is 11.8. The van der Waals surface area contributed by atoms with Crippen LogP contribution in [0, 0.1) is 18.3 Å². The van der Waals surface area contributed by atoms with E-state index in [9.17, 15) is 9.90 Å². The number of carbonyl (C=O) groups is 1. The summed E-state index contributed by atoms with van der Waals surface area (Å²) >= 11 is 3.03. The van der Waals surface area contributed by atoms with Crippen molar-refractivity contribution in [3.8, 4) is 6.07 Å². The zero-order valence-electron chi connectivity index (χ0n) is 23.5. The zero-order valence-corrected chi connectivity index (χ0v) is 25.1. The fourth-order valence-electron chi connectivity index (χ4n) is 5.53. The Morgan fingerprint density at radius 3 is 2.24 bits per heavy atom. The van der Waals surface area contributed by atoms with Crippen LogP contribution in [-0.4, -0.2) is 17.6 Å². The third-order valence-electron chi connectivity index (χ3n) is 7.75. The van der Waals surface area contributed by atoms with Gasteiger partial charge in [0.1, 0.15) is 11.6 Å². The third kappa shape index (κ3) is 5.36. The number of nitrogens with zero attached hydrogens (tertiary/aromatic N) is 2. The lowest BCUT2D eigenvalue weighted by molar-refractivity contribution is -0.132. The van der Waals surface area contributed by atoms with Crippen LogP contribution in [-0.2, 0) is 10.2 Å². The molecule has 4 nitrogen and oxygen atoms in total. The molecule has 0 fully saturated rings. The molecule has 206 valence electrons. The fourth-order valence-corrected chi connectivity index (χ4v) is 7.57. The van der Waals surface area contributed by atoms with Crippen LogP contribution < -0.4 is 4.90 Å². The molecule has 2 heterocycles. The number of thiophene rings is 1. The highest BCUT2D eigenvalue weighted by molar-refractivity contribution is 8.08. The molecule has 0 saturated heterocycles. The highest BCUT2D eigenvalue weighted by atomic mass is 32.2. The summed E-state index contributed by atoms with van der Waals surface area (Å²) in [6, 6.07) is 30.0. The van der Waals surface area contributed by atoms with Crippen molar-refractivity contribution in [2.45, 2.75) is 43.9 Å². The monoisotopic (exact) mass is 576 g/mol. The van der Waals surface area contributed by atoms with Gasteiger partial charge in [0.15, 0.2) is 0 Å². The molecule has 1 aliphatic heterocycles. The number of carboxylic acids is 1. The molecule has 0 unspecified atom stereocenters. The van der Waals surface area contributed by atoms with Gasteiger partial charge in [-0.2, -0.15) is 5.26 Å². The Labute approximate surface area is 250 Å². The van der Waals surface area contributed by atoms with E-state index in [1.54, 1.807) is 17.8 Å². The summed E-state index contributed by atoms with van der Waals surface area (Å²) in [4.78, 5) is 17.4. The van der Waals surface area contributed by atoms with E-state index >= 15 is 0 Å². The number of carboxylic acid groups (broad SMARTS) is 1. The Morgan fingerprint density at radius 2 is 1.68 bits per heavy atom. The van der Waals surface area contributed by atoms with E-state index in [2.05, 4.69) is 98.1 Å². The fraction of sp³-hybridized carbons (Fsp3) is 0.200. The van der Waals surface area contributed by atoms with E-state index in [4.69, 9.17) is 5.26 Å². The average molecular weight is 577 g/mol. The van der Waals surface area contributed by atoms with Crippen LogP contribution in [0.15, 0.2) is 95.9 Å². The molecule has 0 atom stereocenters. The number of aryl methyl sites for hydroxylation is 1. The normalized spacial score (nSPS) is 13.7. The van der Waals surface area contributed by atoms with Crippen LogP contribution in [0.4, 0.5) is 11.4 Å². The molecule has 1 aliphatic rings. The molecule has 41 heavy (non-hydrogen) atoms. The Balaban J connectivity index is 1.46. The molecule has 0 saturated carbocycles. The second-order valence-electron chi connectivity index (χ2n) is 10.3. The van der Waals surface area contributed by atoms with Crippen LogP contribution in [0.2, 0.25) is 0 Å². The number of hydrogen-bond donors (Lipinski definition) is 1. The third-order valence-corrected chi connectivity index (χ3v) is 10.0. The SMILES string of the molecule is C=C(Sc1cc(/C=C(/C#N)C(=O)O)sc1C)c1ccc(C2(C)c3ccccc3N(CCCC)c3ccccc32)cc1. The van der Waals surface area contributed by atoms with Crippen LogP contribution >= 0.6 is 23.1 Å². The molecule has 0 aliphatic carbocycles. The van der Waals surface area contributed by atoms with Gasteiger partial charge in [-0.15, -0.1) is 11.3 Å². The van der Waals surface area contributed by atoms with Gasteiger partial charge >= 0.3 is 5.97 Å². The van der Waals surface area contributed by atoms with Crippen LogP contribution in [0.1, 0.15) is 58.7 Å². The summed E-state index contributed by atoms with van der Waals surface area (Å²) in [6.45, 7) is 11.9. The second-order valence-corrected chi connectivity index (χ2v) is 12.7. The quantitative estimate of drug-likeness (QED) is 0.122. The largest absolute Gasteiger partial charge is 0.477 e. The number of aliphatic carboxylic acids is 1. The van der Waals surface area contributed by atoms with Crippen LogP contribution in [0.3, 0.4) is 0 Å². The summed E-state index contributed by atoms with van der Waals surface area (Å²) < 4.78 is 0. The maximum atomic E-state index is 11.2. The first-order chi connectivity index (χ1) is 19.8. The molecule has 0 radical (unpaired) electrons. The first kappa shape index (κ1) is 28.5. The molecule has 6 heteroatoms. The Hall–Kier alpha value is -4.05. The molecule has 0 amide bonds. The molecule has 5 rings (SSSR count). The van der Waals surface area contributed by atoms with E-state index in [0.29, 0.717) is 0 Å². The molecule has 4 aromatic rings. The number of para-hydroxylation sites is 2. The minimum atomic E-state index is -1.22. The first-order valence-corrected chi connectivity index (χ1v) is 15.3. The lowest BCUT2D eigenvalue weighted by atomic mass is 9.67. The van der Waals surface area contributed by atoms with Crippen molar-refractivity contribution in [1.29, 1.82) is 5.26 Å². The van der Waals surface area contributed by atoms with Crippen molar-refractivity contribution < 1.29 is 9.90 Å². The number of unbranched alkanes of at least 4 members (excludes halogenated alkanes) is 1. The summed E-state index contributed by atoms with van der Waals surface area (Å²) in [5.74, 6) is -1.22. The van der Waals surface area contributed by atoms with Gasteiger partial charge in [0.2, 0.25) is 0 Å². The summed E-state index contributed by atoms with van der Waals surface area (Å²) in [5, 5.41) is 18.3. The minimum Gasteiger partial charge on any atom is -0.477 e. The Bertz CT molecular complexity index is 1640. The minimum absolute atomic E-state index is 0.273. The molecule has 1 N–H and O–H groups in total. The van der Waals surface area contributed by atoms with Gasteiger partial charge < -0.3 is 10.0 Å². The van der Waals surface area contributed by atoms with Gasteiger partial charge in [-0.1, -0.05) is 92.3 Å². The van der Waals surface area contributed by atoms with Gasteiger partial charge in [0, 0.05) is 42.9 Å². The highest BCUT2D eigenvalue weighted by Crippen LogP contribution is 2.52. The first-order valence-electron chi connectivity index (χ1n) is 13.7. The maximum absolute atomic E-state index is 11.2. The van der Waals surface area contributed by atoms with Gasteiger partial charge in [-0.25, -0.2) is 4.79 Å². The van der Waals surface area contributed by atoms with Crippen LogP contribution in [0.25, 0.3) is 11.0 Å². The summed E-state index contributed by atoms with van der Waals surface area (Å²) in [7, 11) is 0. The zero-order chi connectivity index (χ0) is 29.1. The van der Waals surface area contributed by atoms with E-state index in [1.807, 2.05) is 13.0 Å². The summed E-state index contributed by atoms with van der Waals surface area (Å²) in [6.07, 6.45) is 3.70. The number of rotatable bonds is 9. The maximum Gasteiger partial charge on any atom is 0.346 e. The molecule has 1 aromatic heterocycles. The molecule has 0 spiro atoms. The number of anilines is 2. The number of nitriles is 1. The number of thioether (sulfide) groups is 1. The van der Waals surface area contributed by atoms with Gasteiger partial charge in [-0.3, -0.25) is 0 Å². The molecule has 0 bridgehead atoms. The highest BCUT2D eigenvalue weighted by Gasteiger charge is 2.40. The predicted octanol–water partition coefficient (Wildman–Crippen LogP) is 9.42. The van der Waals surface area contributed by atoms with Crippen molar-refractivity contribution in [1.82, 2.24) is 0 Å². The average Bonchev–Trinajstić information content (AvgIpc) is 3.33. The van der Waals surface area contributed by atoms with Crippen molar-refractivity contribution in [3.05, 3.63) is 123 Å². The van der Waals surface area contributed by atoms with Gasteiger partial charge in [-0.05, 0) is 66.8 Å². The van der Waals surface area contributed by atoms with E-state index in [-0.39, 0.29) is 11.0 Å². The lowest BCUT2D eigenvalue weighted by Gasteiger charge is -2.44. The topological polar surface area (TPSA) is 64.3 Å². The smallest absolute Gasteiger partial charge is 0.346 e. The van der Waals surface area contributed by atoms with E-state index in [0.717, 1.165) is 44.5 Å². The van der Waals surface area contributed by atoms with Gasteiger partial charge in [0.25, 0.3) is 0 Å². The number of benzene rings is 3. The Morgan fingerprint density at radius 1 is 1.07 bits per heavy atom. The van der Waals surface area contributed by atoms with Crippen molar-refractivity contribution >= 4 is 51.4 Å². The van der Waals surface area contributed by atoms with Crippen molar-refractivity contribution in [2.24, 2.45) is 0 Å². The number of hydrogen-bond acceptors (Lipinski definition) is 5. The van der Waals surface area contributed by atoms with Crippen molar-refractivity contribution in [2.75, 3.05) is 11.4 Å². The number of fused-ring (bicyclic) bond motifs is 2. The van der Waals surface area contributed by atoms with Crippen molar-refractivity contribution in [3.63, 3.8) is 0 Å². The van der Waals surface area contributed by atoms with Gasteiger partial charge in [0.05, 0.1) is 0 Å². The lowest BCUT2D eigenvalue weighted by Crippen LogP contribution is -2.36. The molecule has 3 aromatic carbocycles. The molecular formula is C35H32N2O2S2. The Kier molecular flexibility index (Phi) is 8.21. The van der Waals surface area contributed by atoms with E-state index in [1.165, 1.54) is 45.5 Å².